The first-order chi connectivity index (χ1) is 15.2. The van der Waals surface area contributed by atoms with Gasteiger partial charge < -0.3 is 24.3 Å². The van der Waals surface area contributed by atoms with Crippen molar-refractivity contribution in [3.63, 3.8) is 0 Å². The van der Waals surface area contributed by atoms with Crippen molar-refractivity contribution in [1.82, 2.24) is 0 Å². The van der Waals surface area contributed by atoms with E-state index >= 15 is 0 Å². The number of carbonyl (C=O) groups excluding carboxylic acids is 2. The Bertz CT molecular complexity index is 1090. The lowest BCUT2D eigenvalue weighted by molar-refractivity contribution is -0.142. The highest BCUT2D eigenvalue weighted by atomic mass is 16.7. The van der Waals surface area contributed by atoms with Gasteiger partial charge in [0.25, 0.3) is 5.91 Å². The third kappa shape index (κ3) is 5.63. The van der Waals surface area contributed by atoms with E-state index in [-0.39, 0.29) is 6.79 Å². The molecule has 0 aliphatic carbocycles. The van der Waals surface area contributed by atoms with Gasteiger partial charge in [-0.05, 0) is 60.2 Å². The highest BCUT2D eigenvalue weighted by Crippen LogP contribution is 2.32. The summed E-state index contributed by atoms with van der Waals surface area (Å²) in [6.45, 7) is -0.213. The van der Waals surface area contributed by atoms with E-state index in [4.69, 9.17) is 18.9 Å². The topological polar surface area (TPSA) is 83.1 Å². The van der Waals surface area contributed by atoms with E-state index in [0.29, 0.717) is 22.9 Å². The molecule has 0 radical (unpaired) electrons. The van der Waals surface area contributed by atoms with E-state index in [1.165, 1.54) is 6.08 Å². The van der Waals surface area contributed by atoms with Crippen LogP contribution in [-0.2, 0) is 14.3 Å². The number of fused-ring (bicyclic) bond motifs is 1. The largest absolute Gasteiger partial charge is 0.457 e. The molecule has 1 aliphatic rings. The first kappa shape index (κ1) is 20.0. The minimum Gasteiger partial charge on any atom is -0.457 e. The Morgan fingerprint density at radius 1 is 0.903 bits per heavy atom. The lowest BCUT2D eigenvalue weighted by Gasteiger charge is -2.08. The van der Waals surface area contributed by atoms with E-state index in [1.807, 2.05) is 30.3 Å². The van der Waals surface area contributed by atoms with Crippen LogP contribution in [0.15, 0.2) is 78.9 Å². The summed E-state index contributed by atoms with van der Waals surface area (Å²) in [5, 5.41) is 2.66. The second kappa shape index (κ2) is 9.49. The van der Waals surface area contributed by atoms with Crippen LogP contribution in [-0.4, -0.2) is 25.3 Å². The molecule has 156 valence electrons. The Hall–Kier alpha value is -4.26. The van der Waals surface area contributed by atoms with Gasteiger partial charge in [0.15, 0.2) is 18.1 Å². The van der Waals surface area contributed by atoms with Crippen LogP contribution in [0.1, 0.15) is 5.56 Å². The Morgan fingerprint density at radius 3 is 2.45 bits per heavy atom. The summed E-state index contributed by atoms with van der Waals surface area (Å²) in [4.78, 5) is 23.9. The number of hydrogen-bond acceptors (Lipinski definition) is 6. The SMILES string of the molecule is O=C(COC(=O)/C=C/c1ccc2c(c1)OCO2)Nc1ccc(Oc2ccccc2)cc1. The lowest BCUT2D eigenvalue weighted by atomic mass is 10.2. The fourth-order valence-corrected chi connectivity index (χ4v) is 2.79. The van der Waals surface area contributed by atoms with Gasteiger partial charge >= 0.3 is 5.97 Å². The number of nitrogens with one attached hydrogen (secondary N) is 1. The van der Waals surface area contributed by atoms with Crippen molar-refractivity contribution in [2.45, 2.75) is 0 Å². The second-order valence-corrected chi connectivity index (χ2v) is 6.54. The molecule has 0 aromatic heterocycles. The second-order valence-electron chi connectivity index (χ2n) is 6.54. The Kier molecular flexibility index (Phi) is 6.13. The first-order valence-corrected chi connectivity index (χ1v) is 9.53. The van der Waals surface area contributed by atoms with E-state index in [0.717, 1.165) is 11.3 Å². The number of amides is 1. The van der Waals surface area contributed by atoms with Gasteiger partial charge in [-0.3, -0.25) is 4.79 Å². The summed E-state index contributed by atoms with van der Waals surface area (Å²) in [5.74, 6) is 1.58. The third-order valence-electron chi connectivity index (χ3n) is 4.27. The average molecular weight is 417 g/mol. The molecule has 4 rings (SSSR count). The number of ether oxygens (including phenoxy) is 4. The smallest absolute Gasteiger partial charge is 0.331 e. The Morgan fingerprint density at radius 2 is 1.65 bits per heavy atom. The molecule has 7 heteroatoms. The fraction of sp³-hybridized carbons (Fsp3) is 0.0833. The standard InChI is InChI=1S/C24H19NO6/c26-23(25-18-8-10-20(11-9-18)31-19-4-2-1-3-5-19)15-28-24(27)13-7-17-6-12-21-22(14-17)30-16-29-21/h1-14H,15-16H2,(H,25,26)/b13-7+. The van der Waals surface area contributed by atoms with Gasteiger partial charge in [0.05, 0.1) is 0 Å². The maximum absolute atomic E-state index is 12.0. The number of carbonyl (C=O) groups is 2. The zero-order chi connectivity index (χ0) is 21.5. The molecule has 1 amide bonds. The number of anilines is 1. The van der Waals surface area contributed by atoms with Gasteiger partial charge in [0, 0.05) is 11.8 Å². The van der Waals surface area contributed by atoms with Gasteiger partial charge in [-0.25, -0.2) is 4.79 Å². The van der Waals surface area contributed by atoms with Gasteiger partial charge in [-0.2, -0.15) is 0 Å². The molecule has 0 spiro atoms. The van der Waals surface area contributed by atoms with Crippen molar-refractivity contribution in [3.05, 3.63) is 84.4 Å². The van der Waals surface area contributed by atoms with E-state index in [1.54, 1.807) is 48.5 Å². The average Bonchev–Trinajstić information content (AvgIpc) is 3.26. The molecule has 31 heavy (non-hydrogen) atoms. The molecule has 1 heterocycles. The molecule has 0 fully saturated rings. The number of rotatable bonds is 7. The highest BCUT2D eigenvalue weighted by molar-refractivity contribution is 5.94. The van der Waals surface area contributed by atoms with Crippen molar-refractivity contribution < 1.29 is 28.5 Å². The van der Waals surface area contributed by atoms with E-state index < -0.39 is 18.5 Å². The maximum Gasteiger partial charge on any atom is 0.331 e. The lowest BCUT2D eigenvalue weighted by Crippen LogP contribution is -2.20. The van der Waals surface area contributed by atoms with Crippen LogP contribution in [0, 0.1) is 0 Å². The van der Waals surface area contributed by atoms with Gasteiger partial charge in [-0.15, -0.1) is 0 Å². The Balaban J connectivity index is 1.23. The summed E-state index contributed by atoms with van der Waals surface area (Å²) in [6, 6.07) is 21.6. The maximum atomic E-state index is 12.0. The van der Waals surface area contributed by atoms with Crippen LogP contribution in [0.4, 0.5) is 5.69 Å². The molecule has 0 saturated carbocycles. The van der Waals surface area contributed by atoms with Gasteiger partial charge in [-0.1, -0.05) is 24.3 Å². The normalized spacial score (nSPS) is 11.9. The number of para-hydroxylation sites is 1. The zero-order valence-corrected chi connectivity index (χ0v) is 16.4. The molecular formula is C24H19NO6. The Labute approximate surface area is 178 Å². The van der Waals surface area contributed by atoms with Crippen molar-refractivity contribution in [2.75, 3.05) is 18.7 Å². The molecular weight excluding hydrogens is 398 g/mol. The van der Waals surface area contributed by atoms with Crippen LogP contribution in [0.2, 0.25) is 0 Å². The number of benzene rings is 3. The fourth-order valence-electron chi connectivity index (χ4n) is 2.79. The molecule has 3 aromatic carbocycles. The van der Waals surface area contributed by atoms with Gasteiger partial charge in [0.1, 0.15) is 11.5 Å². The van der Waals surface area contributed by atoms with Crippen LogP contribution in [0.5, 0.6) is 23.0 Å². The molecule has 1 aliphatic heterocycles. The predicted octanol–water partition coefficient (Wildman–Crippen LogP) is 4.40. The first-order valence-electron chi connectivity index (χ1n) is 9.53. The third-order valence-corrected chi connectivity index (χ3v) is 4.27. The summed E-state index contributed by atoms with van der Waals surface area (Å²) >= 11 is 0. The summed E-state index contributed by atoms with van der Waals surface area (Å²) < 4.78 is 21.2. The molecule has 0 bridgehead atoms. The molecule has 7 nitrogen and oxygen atoms in total. The van der Waals surface area contributed by atoms with Crippen molar-refractivity contribution >= 4 is 23.6 Å². The number of hydrogen-bond donors (Lipinski definition) is 1. The molecule has 0 saturated heterocycles. The van der Waals surface area contributed by atoms with Crippen LogP contribution >= 0.6 is 0 Å². The van der Waals surface area contributed by atoms with Crippen molar-refractivity contribution in [2.24, 2.45) is 0 Å². The zero-order valence-electron chi connectivity index (χ0n) is 16.4. The summed E-state index contributed by atoms with van der Waals surface area (Å²) in [7, 11) is 0. The van der Waals surface area contributed by atoms with E-state index in [9.17, 15) is 9.59 Å². The highest BCUT2D eigenvalue weighted by Gasteiger charge is 2.12. The van der Waals surface area contributed by atoms with Gasteiger partial charge in [0.2, 0.25) is 6.79 Å². The summed E-state index contributed by atoms with van der Waals surface area (Å²) in [5.41, 5.74) is 1.32. The molecule has 3 aromatic rings. The quantitative estimate of drug-likeness (QED) is 0.453. The van der Waals surface area contributed by atoms with Crippen molar-refractivity contribution in [3.8, 4) is 23.0 Å². The van der Waals surface area contributed by atoms with Crippen LogP contribution in [0.3, 0.4) is 0 Å². The van der Waals surface area contributed by atoms with Crippen LogP contribution in [0.25, 0.3) is 6.08 Å². The van der Waals surface area contributed by atoms with Crippen molar-refractivity contribution in [1.29, 1.82) is 0 Å². The monoisotopic (exact) mass is 417 g/mol. The minimum atomic E-state index is -0.626. The minimum absolute atomic E-state index is 0.183. The predicted molar refractivity (Wildman–Crippen MR) is 114 cm³/mol. The molecule has 1 N–H and O–H groups in total. The van der Waals surface area contributed by atoms with E-state index in [2.05, 4.69) is 5.32 Å². The molecule has 0 unspecified atom stereocenters. The molecule has 0 atom stereocenters. The summed E-state index contributed by atoms with van der Waals surface area (Å²) in [6.07, 6.45) is 2.83. The van der Waals surface area contributed by atoms with Crippen LogP contribution < -0.4 is 19.5 Å². The number of esters is 1.